The van der Waals surface area contributed by atoms with E-state index in [0.717, 1.165) is 0 Å². The van der Waals surface area contributed by atoms with Gasteiger partial charge in [0.15, 0.2) is 0 Å². The lowest BCUT2D eigenvalue weighted by atomic mass is 10.2. The van der Waals surface area contributed by atoms with Crippen LogP contribution in [0.2, 0.25) is 0 Å². The summed E-state index contributed by atoms with van der Waals surface area (Å²) in [5.41, 5.74) is 0. The van der Waals surface area contributed by atoms with Crippen molar-refractivity contribution in [2.24, 2.45) is 0 Å². The van der Waals surface area contributed by atoms with Crippen LogP contribution >= 0.6 is 0 Å². The molecule has 0 spiro atoms. The van der Waals surface area contributed by atoms with Gasteiger partial charge in [-0.25, -0.2) is 4.79 Å². The minimum Gasteiger partial charge on any atom is -0.466 e. The molecule has 4 heteroatoms. The lowest BCUT2D eigenvalue weighted by molar-refractivity contribution is -0.136. The second kappa shape index (κ2) is 3.18. The molecular formula is C7H9NO3. The molecule has 0 bridgehead atoms. The Morgan fingerprint density at radius 3 is 2.82 bits per heavy atom. The first-order valence-corrected chi connectivity index (χ1v) is 3.29. The van der Waals surface area contributed by atoms with E-state index in [-0.39, 0.29) is 5.91 Å². The summed E-state index contributed by atoms with van der Waals surface area (Å²) in [6.07, 6.45) is 3.25. The van der Waals surface area contributed by atoms with Gasteiger partial charge in [0.05, 0.1) is 7.11 Å². The summed E-state index contributed by atoms with van der Waals surface area (Å²) in [6, 6.07) is 0. The predicted octanol–water partition coefficient (Wildman–Crippen LogP) is -0.0946. The third kappa shape index (κ3) is 1.80. The molecule has 0 unspecified atom stereocenters. The van der Waals surface area contributed by atoms with E-state index in [0.29, 0.717) is 13.0 Å². The molecule has 0 aromatic heterocycles. The van der Waals surface area contributed by atoms with Gasteiger partial charge >= 0.3 is 5.97 Å². The van der Waals surface area contributed by atoms with E-state index in [1.165, 1.54) is 24.3 Å². The molecule has 60 valence electrons. The molecule has 1 rings (SSSR count). The number of carbonyl (C=O) groups is 2. The summed E-state index contributed by atoms with van der Waals surface area (Å²) in [5.74, 6) is -0.394. The zero-order chi connectivity index (χ0) is 8.27. The van der Waals surface area contributed by atoms with Crippen molar-refractivity contribution in [3.63, 3.8) is 0 Å². The quantitative estimate of drug-likeness (QED) is 0.318. The van der Waals surface area contributed by atoms with E-state index in [1.54, 1.807) is 0 Å². The molecule has 1 saturated heterocycles. The number of hydrogen-bond acceptors (Lipinski definition) is 3. The molecule has 1 heterocycles. The van der Waals surface area contributed by atoms with Gasteiger partial charge in [0.2, 0.25) is 5.91 Å². The van der Waals surface area contributed by atoms with Gasteiger partial charge in [-0.05, 0) is 0 Å². The molecule has 4 nitrogen and oxygen atoms in total. The molecule has 0 saturated carbocycles. The predicted molar refractivity (Wildman–Crippen MR) is 37.5 cm³/mol. The largest absolute Gasteiger partial charge is 0.466 e. The Morgan fingerprint density at radius 2 is 2.45 bits per heavy atom. The number of methoxy groups -OCH3 is 1. The van der Waals surface area contributed by atoms with Gasteiger partial charge in [0.1, 0.15) is 0 Å². The van der Waals surface area contributed by atoms with Crippen molar-refractivity contribution in [2.45, 2.75) is 6.42 Å². The van der Waals surface area contributed by atoms with Crippen molar-refractivity contribution in [1.82, 2.24) is 4.90 Å². The maximum Gasteiger partial charge on any atom is 0.331 e. The number of esters is 1. The minimum absolute atomic E-state index is 0.0464. The minimum atomic E-state index is -0.440. The fourth-order valence-electron chi connectivity index (χ4n) is 0.709. The van der Waals surface area contributed by atoms with Gasteiger partial charge in [0.25, 0.3) is 0 Å². The summed E-state index contributed by atoms with van der Waals surface area (Å²) in [7, 11) is 1.30. The standard InChI is InChI=1S/C7H9NO3/c1-11-7(10)3-5-8-4-2-6(8)9/h3,5H,2,4H2,1H3/b5-3+. The van der Waals surface area contributed by atoms with Crippen molar-refractivity contribution in [1.29, 1.82) is 0 Å². The fraction of sp³-hybridized carbons (Fsp3) is 0.429. The zero-order valence-electron chi connectivity index (χ0n) is 6.24. The summed E-state index contributed by atoms with van der Waals surface area (Å²) in [5, 5.41) is 0. The van der Waals surface area contributed by atoms with E-state index in [4.69, 9.17) is 0 Å². The number of ether oxygens (including phenoxy) is 1. The number of likely N-dealkylation sites (tertiary alicyclic amines) is 1. The molecule has 0 atom stereocenters. The van der Waals surface area contributed by atoms with Crippen molar-refractivity contribution >= 4 is 11.9 Å². The summed E-state index contributed by atoms with van der Waals surface area (Å²) in [4.78, 5) is 22.6. The first-order chi connectivity index (χ1) is 5.24. The molecule has 1 fully saturated rings. The van der Waals surface area contributed by atoms with Crippen molar-refractivity contribution in [3.8, 4) is 0 Å². The molecule has 0 radical (unpaired) electrons. The topological polar surface area (TPSA) is 46.6 Å². The van der Waals surface area contributed by atoms with Crippen LogP contribution in [0.25, 0.3) is 0 Å². The first kappa shape index (κ1) is 7.78. The number of carbonyl (C=O) groups excluding carboxylic acids is 2. The molecule has 1 aliphatic rings. The molecule has 11 heavy (non-hydrogen) atoms. The molecule has 0 N–H and O–H groups in total. The molecule has 1 amide bonds. The van der Waals surface area contributed by atoms with E-state index >= 15 is 0 Å². The van der Waals surface area contributed by atoms with Crippen molar-refractivity contribution in [2.75, 3.05) is 13.7 Å². The monoisotopic (exact) mass is 155 g/mol. The number of nitrogens with zero attached hydrogens (tertiary/aromatic N) is 1. The van der Waals surface area contributed by atoms with Crippen LogP contribution in [0.3, 0.4) is 0 Å². The number of rotatable bonds is 2. The van der Waals surface area contributed by atoms with Crippen molar-refractivity contribution < 1.29 is 14.3 Å². The van der Waals surface area contributed by atoms with Crippen LogP contribution in [0.5, 0.6) is 0 Å². The Kier molecular flexibility index (Phi) is 2.25. The molecule has 0 aliphatic carbocycles. The molecular weight excluding hydrogens is 146 g/mol. The van der Waals surface area contributed by atoms with Crippen LogP contribution in [0.15, 0.2) is 12.3 Å². The van der Waals surface area contributed by atoms with Gasteiger partial charge in [-0.15, -0.1) is 0 Å². The normalized spacial score (nSPS) is 16.8. The van der Waals surface area contributed by atoms with Gasteiger partial charge in [-0.3, -0.25) is 4.79 Å². The molecule has 0 aromatic carbocycles. The lowest BCUT2D eigenvalue weighted by Crippen LogP contribution is -2.38. The van der Waals surface area contributed by atoms with Gasteiger partial charge in [-0.2, -0.15) is 0 Å². The highest BCUT2D eigenvalue weighted by Gasteiger charge is 2.20. The third-order valence-corrected chi connectivity index (χ3v) is 1.48. The number of amides is 1. The SMILES string of the molecule is COC(=O)/C=C/N1CCC1=O. The second-order valence-corrected chi connectivity index (χ2v) is 2.18. The van der Waals surface area contributed by atoms with Crippen LogP contribution in [0, 0.1) is 0 Å². The molecule has 1 aliphatic heterocycles. The smallest absolute Gasteiger partial charge is 0.331 e. The zero-order valence-corrected chi connectivity index (χ0v) is 6.24. The Morgan fingerprint density at radius 1 is 1.73 bits per heavy atom. The van der Waals surface area contributed by atoms with Crippen LogP contribution < -0.4 is 0 Å². The Balaban J connectivity index is 2.35. The van der Waals surface area contributed by atoms with E-state index in [2.05, 4.69) is 4.74 Å². The Bertz CT molecular complexity index is 210. The van der Waals surface area contributed by atoms with Crippen molar-refractivity contribution in [3.05, 3.63) is 12.3 Å². The van der Waals surface area contributed by atoms with Gasteiger partial charge in [-0.1, -0.05) is 0 Å². The lowest BCUT2D eigenvalue weighted by Gasteiger charge is -2.26. The fourth-order valence-corrected chi connectivity index (χ4v) is 0.709. The number of hydrogen-bond donors (Lipinski definition) is 0. The Labute approximate surface area is 64.4 Å². The summed E-state index contributed by atoms with van der Waals surface area (Å²) >= 11 is 0. The maximum absolute atomic E-state index is 10.7. The highest BCUT2D eigenvalue weighted by Crippen LogP contribution is 2.07. The highest BCUT2D eigenvalue weighted by molar-refractivity contribution is 5.86. The van der Waals surface area contributed by atoms with E-state index < -0.39 is 5.97 Å². The summed E-state index contributed by atoms with van der Waals surface area (Å²) in [6.45, 7) is 0.701. The average Bonchev–Trinajstić information content (AvgIpc) is 2.01. The molecule has 0 aromatic rings. The van der Waals surface area contributed by atoms with E-state index in [9.17, 15) is 9.59 Å². The summed E-state index contributed by atoms with van der Waals surface area (Å²) < 4.78 is 4.34. The number of β-lactam (4-membered cyclic amide) rings is 1. The van der Waals surface area contributed by atoms with Gasteiger partial charge < -0.3 is 9.64 Å². The van der Waals surface area contributed by atoms with E-state index in [1.807, 2.05) is 0 Å². The average molecular weight is 155 g/mol. The van der Waals surface area contributed by atoms with Crippen LogP contribution in [0.1, 0.15) is 6.42 Å². The van der Waals surface area contributed by atoms with Crippen LogP contribution in [-0.4, -0.2) is 30.4 Å². The second-order valence-electron chi connectivity index (χ2n) is 2.18. The third-order valence-electron chi connectivity index (χ3n) is 1.48. The van der Waals surface area contributed by atoms with Crippen LogP contribution in [0.4, 0.5) is 0 Å². The Hall–Kier alpha value is -1.32. The maximum atomic E-state index is 10.7. The highest BCUT2D eigenvalue weighted by atomic mass is 16.5. The van der Waals surface area contributed by atoms with Crippen LogP contribution in [-0.2, 0) is 14.3 Å². The first-order valence-electron chi connectivity index (χ1n) is 3.29. The van der Waals surface area contributed by atoms with Gasteiger partial charge in [0, 0.05) is 25.2 Å².